The van der Waals surface area contributed by atoms with E-state index < -0.39 is 10.1 Å². The Morgan fingerprint density at radius 1 is 1.08 bits per heavy atom. The number of rotatable bonds is 1. The molecule has 0 unspecified atom stereocenters. The van der Waals surface area contributed by atoms with Gasteiger partial charge in [0.15, 0.2) is 0 Å². The van der Waals surface area contributed by atoms with E-state index in [1.807, 2.05) is 6.07 Å². The van der Waals surface area contributed by atoms with Crippen molar-refractivity contribution in [3.05, 3.63) is 18.2 Å². The third-order valence-corrected chi connectivity index (χ3v) is 3.45. The Morgan fingerprint density at radius 3 is 1.77 bits per heavy atom. The summed E-state index contributed by atoms with van der Waals surface area (Å²) in [6, 6.07) is 4.85. The summed E-state index contributed by atoms with van der Waals surface area (Å²) in [5.41, 5.74) is 0. The van der Waals surface area contributed by atoms with Gasteiger partial charge in [0, 0.05) is 0 Å². The molecule has 1 aromatic carbocycles. The van der Waals surface area contributed by atoms with Crippen molar-refractivity contribution in [1.29, 1.82) is 0 Å². The number of hydrogen-bond acceptors (Lipinski definition) is 3. The molecule has 0 aliphatic heterocycles. The quantitative estimate of drug-likeness (QED) is 0.355. The predicted molar refractivity (Wildman–Crippen MR) is 45.2 cm³/mol. The van der Waals surface area contributed by atoms with E-state index >= 15 is 0 Å². The van der Waals surface area contributed by atoms with Gasteiger partial charge in [-0.2, -0.15) is 0 Å². The smallest absolute Gasteiger partial charge is 1.00 e. The molecular formula is C6H3Na3O3S. The minimum atomic E-state index is -4.25. The van der Waals surface area contributed by atoms with Crippen molar-refractivity contribution in [3.63, 3.8) is 0 Å². The summed E-state index contributed by atoms with van der Waals surface area (Å²) in [5, 5.41) is 0. The van der Waals surface area contributed by atoms with Crippen LogP contribution in [0.5, 0.6) is 0 Å². The molecule has 0 atom stereocenters. The first-order chi connectivity index (χ1) is 5.39. The van der Waals surface area contributed by atoms with E-state index in [1.54, 1.807) is 0 Å². The Bertz CT molecular complexity index is 381. The molecule has 54 valence electrons. The van der Waals surface area contributed by atoms with Gasteiger partial charge in [0.2, 0.25) is 0 Å². The third-order valence-electron chi connectivity index (χ3n) is 1.48. The van der Waals surface area contributed by atoms with Gasteiger partial charge in [0.25, 0.3) is 0 Å². The normalized spacial score (nSPS) is 10.8. The molecule has 0 fully saturated rings. The fourth-order valence-corrected chi connectivity index (χ4v) is 4.27. The van der Waals surface area contributed by atoms with Crippen LogP contribution in [0.2, 0.25) is 0 Å². The third kappa shape index (κ3) is 5.13. The number of hydrogen-bond donors (Lipinski definition) is 0. The van der Waals surface area contributed by atoms with Gasteiger partial charge < -0.3 is 0 Å². The molecule has 0 radical (unpaired) electrons. The summed E-state index contributed by atoms with van der Waals surface area (Å²) < 4.78 is 33.7. The standard InChI is InChI=1S/C6H4O3S.3Na/c7-10(8,9)6-4-2-1-3-5-6;;;/h1,4-5H,(H,7,8,9);;;/q;;;+1/p-1. The first-order valence-corrected chi connectivity index (χ1v) is 6.84. The Balaban J connectivity index is 0.00000144. The summed E-state index contributed by atoms with van der Waals surface area (Å²) in [6.45, 7) is 0. The molecule has 3 nitrogen and oxygen atoms in total. The molecule has 0 amide bonds. The largest absolute Gasteiger partial charge is 1.00 e. The molecule has 0 saturated carbocycles. The van der Waals surface area contributed by atoms with Crippen molar-refractivity contribution in [2.45, 2.75) is 4.90 Å². The SMILES string of the molecule is O=S(=O)([O-])c1c[c]([Na])c[c]([Na])c1.[Na+]. The van der Waals surface area contributed by atoms with Crippen molar-refractivity contribution in [1.82, 2.24) is 0 Å². The summed E-state index contributed by atoms with van der Waals surface area (Å²) in [5.74, 6) is 0. The molecule has 0 aliphatic rings. The maximum absolute atomic E-state index is 10.6. The summed E-state index contributed by atoms with van der Waals surface area (Å²) in [6.07, 6.45) is 0. The molecule has 1 aromatic rings. The van der Waals surface area contributed by atoms with Gasteiger partial charge in [-0.1, -0.05) is 0 Å². The Hall–Kier alpha value is 2.13. The zero-order valence-electron chi connectivity index (χ0n) is 7.87. The fourth-order valence-electron chi connectivity index (χ4n) is 1.08. The van der Waals surface area contributed by atoms with Crippen LogP contribution < -0.4 is 35.2 Å². The number of benzene rings is 1. The average molecular weight is 224 g/mol. The van der Waals surface area contributed by atoms with Gasteiger partial charge in [0.05, 0.1) is 0 Å². The van der Waals surface area contributed by atoms with E-state index in [2.05, 4.69) is 0 Å². The minimum Gasteiger partial charge on any atom is 1.00 e. The zero-order valence-corrected chi connectivity index (χ0v) is 14.7. The van der Waals surface area contributed by atoms with E-state index in [0.29, 0.717) is 0 Å². The van der Waals surface area contributed by atoms with Crippen molar-refractivity contribution >= 4 is 71.6 Å². The molecule has 0 bridgehead atoms. The van der Waals surface area contributed by atoms with E-state index in [1.165, 1.54) is 12.1 Å². The summed E-state index contributed by atoms with van der Waals surface area (Å²) >= 11 is 1.55. The van der Waals surface area contributed by atoms with Crippen LogP contribution >= 0.6 is 0 Å². The van der Waals surface area contributed by atoms with Gasteiger partial charge in [-0.25, -0.2) is 0 Å². The van der Waals surface area contributed by atoms with Crippen molar-refractivity contribution in [2.24, 2.45) is 0 Å². The molecule has 0 saturated heterocycles. The maximum Gasteiger partial charge on any atom is 1.00 e. The molecule has 1 rings (SSSR count). The molecule has 0 aliphatic carbocycles. The monoisotopic (exact) mass is 224 g/mol. The molecular weight excluding hydrogens is 221 g/mol. The Kier molecular flexibility index (Phi) is 7.00. The fraction of sp³-hybridized carbons (Fsp3) is 0. The van der Waals surface area contributed by atoms with Crippen LogP contribution in [0.1, 0.15) is 0 Å². The van der Waals surface area contributed by atoms with E-state index in [9.17, 15) is 13.0 Å². The zero-order chi connectivity index (χ0) is 9.35. The van der Waals surface area contributed by atoms with Crippen LogP contribution in [0, 0.1) is 0 Å². The first kappa shape index (κ1) is 15.1. The minimum absolute atomic E-state index is 0. The van der Waals surface area contributed by atoms with E-state index in [-0.39, 0.29) is 34.5 Å². The second-order valence-corrected chi connectivity index (χ2v) is 6.47. The molecule has 0 spiro atoms. The second kappa shape index (κ2) is 6.01. The van der Waals surface area contributed by atoms with Crippen molar-refractivity contribution < 1.29 is 42.5 Å². The molecule has 0 N–H and O–H groups in total. The summed E-state index contributed by atoms with van der Waals surface area (Å²) in [7, 11) is -4.25. The van der Waals surface area contributed by atoms with Gasteiger partial charge >= 0.3 is 137 Å². The van der Waals surface area contributed by atoms with Crippen LogP contribution in [0.25, 0.3) is 0 Å². The molecule has 0 heterocycles. The predicted octanol–water partition coefficient (Wildman–Crippen LogP) is -4.82. The summed E-state index contributed by atoms with van der Waals surface area (Å²) in [4.78, 5) is -0.0833. The van der Waals surface area contributed by atoms with Crippen LogP contribution in [0.15, 0.2) is 23.1 Å². The average Bonchev–Trinajstić information content (AvgIpc) is 1.82. The van der Waals surface area contributed by atoms with Gasteiger partial charge in [-0.05, 0) is 0 Å². The van der Waals surface area contributed by atoms with Crippen LogP contribution in [0.3, 0.4) is 0 Å². The van der Waals surface area contributed by atoms with Crippen LogP contribution in [-0.4, -0.2) is 68.8 Å². The van der Waals surface area contributed by atoms with E-state index in [4.69, 9.17) is 0 Å². The molecule has 0 aromatic heterocycles. The second-order valence-electron chi connectivity index (χ2n) is 2.78. The topological polar surface area (TPSA) is 57.2 Å². The first-order valence-electron chi connectivity index (χ1n) is 3.44. The van der Waals surface area contributed by atoms with Crippen molar-refractivity contribution in [2.75, 3.05) is 0 Å². The Morgan fingerprint density at radius 2 is 1.46 bits per heavy atom. The van der Waals surface area contributed by atoms with Crippen LogP contribution in [-0.2, 0) is 10.1 Å². The van der Waals surface area contributed by atoms with E-state index in [0.717, 1.165) is 61.5 Å². The Labute approximate surface area is 135 Å². The van der Waals surface area contributed by atoms with Gasteiger partial charge in [0.1, 0.15) is 0 Å². The van der Waals surface area contributed by atoms with Crippen molar-refractivity contribution in [3.8, 4) is 0 Å². The van der Waals surface area contributed by atoms with Gasteiger partial charge in [-0.15, -0.1) is 0 Å². The van der Waals surface area contributed by atoms with Crippen LogP contribution in [0.4, 0.5) is 0 Å². The maximum atomic E-state index is 10.6. The van der Waals surface area contributed by atoms with Gasteiger partial charge in [-0.3, -0.25) is 0 Å². The molecule has 13 heavy (non-hydrogen) atoms. The molecule has 7 heteroatoms.